The zero-order valence-corrected chi connectivity index (χ0v) is 16.0. The summed E-state index contributed by atoms with van der Waals surface area (Å²) >= 11 is 0. The van der Waals surface area contributed by atoms with Crippen molar-refractivity contribution in [1.82, 2.24) is 20.1 Å². The summed E-state index contributed by atoms with van der Waals surface area (Å²) in [5, 5.41) is 7.14. The van der Waals surface area contributed by atoms with E-state index in [0.717, 1.165) is 23.5 Å². The Morgan fingerprint density at radius 2 is 1.97 bits per heavy atom. The lowest BCUT2D eigenvalue weighted by molar-refractivity contribution is -0.137. The number of nitrogens with zero attached hydrogens (tertiary/aromatic N) is 4. The van der Waals surface area contributed by atoms with E-state index in [1.807, 2.05) is 41.4 Å². The van der Waals surface area contributed by atoms with Crippen molar-refractivity contribution in [2.45, 2.75) is 25.1 Å². The van der Waals surface area contributed by atoms with E-state index in [1.54, 1.807) is 10.9 Å². The molecule has 3 aromatic rings. The van der Waals surface area contributed by atoms with Crippen LogP contribution in [0.15, 0.2) is 61.2 Å². The van der Waals surface area contributed by atoms with Crippen molar-refractivity contribution < 1.29 is 18.0 Å². The normalized spacial score (nSPS) is 16.6. The highest BCUT2D eigenvalue weighted by Crippen LogP contribution is 2.31. The SMILES string of the molecule is O=C(Cc1ccc(-n2cccn2)cc1)NC1CCN(c2cncc(C(F)(F)F)c2)C1. The first kappa shape index (κ1) is 19.9. The van der Waals surface area contributed by atoms with Gasteiger partial charge in [-0.25, -0.2) is 4.68 Å². The van der Waals surface area contributed by atoms with Gasteiger partial charge in [0.2, 0.25) is 5.91 Å². The summed E-state index contributed by atoms with van der Waals surface area (Å²) in [7, 11) is 0. The zero-order chi connectivity index (χ0) is 21.1. The highest BCUT2D eigenvalue weighted by molar-refractivity contribution is 5.79. The second-order valence-corrected chi connectivity index (χ2v) is 7.22. The van der Waals surface area contributed by atoms with E-state index in [-0.39, 0.29) is 18.4 Å². The maximum absolute atomic E-state index is 12.9. The monoisotopic (exact) mass is 415 g/mol. The molecule has 6 nitrogen and oxygen atoms in total. The quantitative estimate of drug-likeness (QED) is 0.695. The Balaban J connectivity index is 1.32. The number of hydrogen-bond donors (Lipinski definition) is 1. The molecule has 0 spiro atoms. The van der Waals surface area contributed by atoms with E-state index in [2.05, 4.69) is 15.4 Å². The lowest BCUT2D eigenvalue weighted by Gasteiger charge is -2.20. The van der Waals surface area contributed by atoms with Gasteiger partial charge in [0.05, 0.1) is 29.6 Å². The minimum atomic E-state index is -4.43. The molecule has 1 unspecified atom stereocenters. The number of alkyl halides is 3. The number of aromatic nitrogens is 3. The first-order valence-electron chi connectivity index (χ1n) is 9.54. The summed E-state index contributed by atoms with van der Waals surface area (Å²) in [5.74, 6) is -0.115. The average Bonchev–Trinajstić information content (AvgIpc) is 3.40. The minimum Gasteiger partial charge on any atom is -0.368 e. The van der Waals surface area contributed by atoms with Crippen LogP contribution in [0.5, 0.6) is 0 Å². The molecule has 30 heavy (non-hydrogen) atoms. The fraction of sp³-hybridized carbons (Fsp3) is 0.286. The number of anilines is 1. The Bertz CT molecular complexity index is 1000. The summed E-state index contributed by atoms with van der Waals surface area (Å²) in [6, 6.07) is 10.4. The molecule has 0 bridgehead atoms. The molecule has 2 aromatic heterocycles. The van der Waals surface area contributed by atoms with Gasteiger partial charge < -0.3 is 10.2 Å². The minimum absolute atomic E-state index is 0.115. The van der Waals surface area contributed by atoms with Crippen molar-refractivity contribution in [2.75, 3.05) is 18.0 Å². The molecule has 9 heteroatoms. The number of rotatable bonds is 5. The van der Waals surface area contributed by atoms with Gasteiger partial charge in [-0.15, -0.1) is 0 Å². The number of benzene rings is 1. The van der Waals surface area contributed by atoms with Gasteiger partial charge in [0.25, 0.3) is 0 Å². The number of amides is 1. The third-order valence-electron chi connectivity index (χ3n) is 5.04. The van der Waals surface area contributed by atoms with Gasteiger partial charge in [-0.1, -0.05) is 12.1 Å². The lowest BCUT2D eigenvalue weighted by Crippen LogP contribution is -2.38. The highest BCUT2D eigenvalue weighted by Gasteiger charge is 2.32. The van der Waals surface area contributed by atoms with Crippen LogP contribution in [-0.2, 0) is 17.4 Å². The van der Waals surface area contributed by atoms with E-state index in [1.165, 1.54) is 6.20 Å². The third kappa shape index (κ3) is 4.61. The molecule has 0 saturated carbocycles. The topological polar surface area (TPSA) is 63.1 Å². The number of pyridine rings is 1. The first-order valence-corrected chi connectivity index (χ1v) is 9.54. The van der Waals surface area contributed by atoms with Crippen LogP contribution in [0.4, 0.5) is 18.9 Å². The van der Waals surface area contributed by atoms with Gasteiger partial charge in [0.15, 0.2) is 0 Å². The van der Waals surface area contributed by atoms with Crippen LogP contribution in [0, 0.1) is 0 Å². The molecule has 4 rings (SSSR count). The number of carbonyl (C=O) groups excluding carboxylic acids is 1. The Morgan fingerprint density at radius 3 is 2.67 bits per heavy atom. The molecule has 1 fully saturated rings. The van der Waals surface area contributed by atoms with Gasteiger partial charge >= 0.3 is 6.18 Å². The number of nitrogens with one attached hydrogen (secondary N) is 1. The van der Waals surface area contributed by atoms with Gasteiger partial charge in [-0.2, -0.15) is 18.3 Å². The van der Waals surface area contributed by atoms with Crippen LogP contribution in [-0.4, -0.2) is 39.8 Å². The standard InChI is InChI=1S/C21H20F3N5O/c22-21(23,24)16-11-19(13-25-12-16)28-9-6-17(14-28)27-20(30)10-15-2-4-18(5-3-15)29-8-1-7-26-29/h1-5,7-8,11-13,17H,6,9-10,14H2,(H,27,30). The van der Waals surface area contributed by atoms with Crippen LogP contribution in [0.25, 0.3) is 5.69 Å². The summed E-state index contributed by atoms with van der Waals surface area (Å²) in [6.07, 6.45) is 2.25. The van der Waals surface area contributed by atoms with Crippen molar-refractivity contribution in [3.8, 4) is 5.69 Å². The first-order chi connectivity index (χ1) is 14.4. The van der Waals surface area contributed by atoms with E-state index in [0.29, 0.717) is 25.2 Å². The Morgan fingerprint density at radius 1 is 1.17 bits per heavy atom. The van der Waals surface area contributed by atoms with Crippen molar-refractivity contribution in [3.63, 3.8) is 0 Å². The second-order valence-electron chi connectivity index (χ2n) is 7.22. The molecule has 0 aliphatic carbocycles. The summed E-state index contributed by atoms with van der Waals surface area (Å²) in [5.41, 5.74) is 1.42. The third-order valence-corrected chi connectivity index (χ3v) is 5.04. The summed E-state index contributed by atoms with van der Waals surface area (Å²) in [6.45, 7) is 1.01. The van der Waals surface area contributed by atoms with E-state index in [4.69, 9.17) is 0 Å². The van der Waals surface area contributed by atoms with Crippen LogP contribution in [0.3, 0.4) is 0 Å². The molecule has 1 aliphatic heterocycles. The summed E-state index contributed by atoms with van der Waals surface area (Å²) in [4.78, 5) is 17.9. The van der Waals surface area contributed by atoms with Gasteiger partial charge in [0.1, 0.15) is 0 Å². The van der Waals surface area contributed by atoms with Crippen LogP contribution in [0.1, 0.15) is 17.5 Å². The lowest BCUT2D eigenvalue weighted by atomic mass is 10.1. The van der Waals surface area contributed by atoms with Crippen LogP contribution >= 0.6 is 0 Å². The van der Waals surface area contributed by atoms with Crippen molar-refractivity contribution in [1.29, 1.82) is 0 Å². The molecule has 1 aromatic carbocycles. The predicted molar refractivity (Wildman–Crippen MR) is 105 cm³/mol. The van der Waals surface area contributed by atoms with Crippen molar-refractivity contribution in [2.24, 2.45) is 0 Å². The molecule has 0 radical (unpaired) electrons. The van der Waals surface area contributed by atoms with Crippen LogP contribution in [0.2, 0.25) is 0 Å². The smallest absolute Gasteiger partial charge is 0.368 e. The Labute approximate surface area is 171 Å². The van der Waals surface area contributed by atoms with E-state index < -0.39 is 11.7 Å². The molecule has 1 saturated heterocycles. The maximum Gasteiger partial charge on any atom is 0.417 e. The number of halogens is 3. The molecule has 1 atom stereocenters. The Kier molecular flexibility index (Phi) is 5.43. The highest BCUT2D eigenvalue weighted by atomic mass is 19.4. The van der Waals surface area contributed by atoms with E-state index in [9.17, 15) is 18.0 Å². The van der Waals surface area contributed by atoms with Crippen molar-refractivity contribution in [3.05, 3.63) is 72.3 Å². The molecular weight excluding hydrogens is 395 g/mol. The van der Waals surface area contributed by atoms with Gasteiger partial charge in [-0.3, -0.25) is 9.78 Å². The fourth-order valence-electron chi connectivity index (χ4n) is 3.52. The molecule has 156 valence electrons. The van der Waals surface area contributed by atoms with Crippen molar-refractivity contribution >= 4 is 11.6 Å². The molecule has 3 heterocycles. The van der Waals surface area contributed by atoms with Gasteiger partial charge in [-0.05, 0) is 36.2 Å². The average molecular weight is 415 g/mol. The summed E-state index contributed by atoms with van der Waals surface area (Å²) < 4.78 is 40.4. The van der Waals surface area contributed by atoms with Crippen LogP contribution < -0.4 is 10.2 Å². The number of carbonyl (C=O) groups is 1. The maximum atomic E-state index is 12.9. The fourth-order valence-corrected chi connectivity index (χ4v) is 3.52. The largest absolute Gasteiger partial charge is 0.417 e. The number of hydrogen-bond acceptors (Lipinski definition) is 4. The molecule has 1 aliphatic rings. The van der Waals surface area contributed by atoms with Gasteiger partial charge in [0, 0.05) is 37.7 Å². The molecule has 1 amide bonds. The second kappa shape index (κ2) is 8.17. The molecular formula is C21H20F3N5O. The predicted octanol–water partition coefficient (Wildman–Crippen LogP) is 3.22. The zero-order valence-electron chi connectivity index (χ0n) is 16.0. The van der Waals surface area contributed by atoms with E-state index >= 15 is 0 Å². The molecule has 1 N–H and O–H groups in total. The Hall–Kier alpha value is -3.36.